The zero-order valence-electron chi connectivity index (χ0n) is 16.4. The van der Waals surface area contributed by atoms with Gasteiger partial charge in [-0.25, -0.2) is 0 Å². The van der Waals surface area contributed by atoms with Gasteiger partial charge in [-0.15, -0.1) is 16.8 Å². The van der Waals surface area contributed by atoms with Crippen LogP contribution in [0.5, 0.6) is 0 Å². The van der Waals surface area contributed by atoms with Crippen molar-refractivity contribution in [3.63, 3.8) is 0 Å². The second-order valence-electron chi connectivity index (χ2n) is 6.41. The van der Waals surface area contributed by atoms with Crippen LogP contribution >= 0.6 is 46.6 Å². The molecule has 5 nitrogen and oxygen atoms in total. The molecule has 1 heterocycles. The van der Waals surface area contributed by atoms with Gasteiger partial charge in [0.1, 0.15) is 0 Å². The summed E-state index contributed by atoms with van der Waals surface area (Å²) in [5, 5.41) is 13.6. The predicted octanol–water partition coefficient (Wildman–Crippen LogP) is 6.05. The predicted molar refractivity (Wildman–Crippen MR) is 129 cm³/mol. The topological polar surface area (TPSA) is 59.8 Å². The number of nitrogens with one attached hydrogen (secondary N) is 1. The molecule has 0 bridgehead atoms. The first-order chi connectivity index (χ1) is 15.0. The lowest BCUT2D eigenvalue weighted by atomic mass is 10.2. The zero-order valence-corrected chi connectivity index (χ0v) is 19.5. The maximum atomic E-state index is 12.2. The van der Waals surface area contributed by atoms with Crippen LogP contribution in [0.2, 0.25) is 15.1 Å². The van der Waals surface area contributed by atoms with Crippen LogP contribution in [0.3, 0.4) is 0 Å². The van der Waals surface area contributed by atoms with E-state index in [2.05, 4.69) is 22.1 Å². The summed E-state index contributed by atoms with van der Waals surface area (Å²) in [5.41, 5.74) is 1.79. The second-order valence-corrected chi connectivity index (χ2v) is 8.57. The van der Waals surface area contributed by atoms with E-state index in [1.165, 1.54) is 17.8 Å². The van der Waals surface area contributed by atoms with Crippen LogP contribution in [0.15, 0.2) is 66.4 Å². The molecule has 0 saturated carbocycles. The molecule has 0 radical (unpaired) electrons. The summed E-state index contributed by atoms with van der Waals surface area (Å²) in [6, 6.07) is 12.8. The number of aromatic nitrogens is 3. The summed E-state index contributed by atoms with van der Waals surface area (Å²) in [6.45, 7) is 4.56. The highest BCUT2D eigenvalue weighted by Crippen LogP contribution is 2.27. The molecule has 0 atom stereocenters. The van der Waals surface area contributed by atoms with Gasteiger partial charge >= 0.3 is 0 Å². The number of benzene rings is 2. The fourth-order valence-corrected chi connectivity index (χ4v) is 4.08. The molecule has 3 aromatic rings. The van der Waals surface area contributed by atoms with Gasteiger partial charge in [0.2, 0.25) is 5.91 Å². The van der Waals surface area contributed by atoms with E-state index >= 15 is 0 Å². The third kappa shape index (κ3) is 6.61. The Morgan fingerprint density at radius 3 is 2.65 bits per heavy atom. The highest BCUT2D eigenvalue weighted by Gasteiger charge is 2.13. The summed E-state index contributed by atoms with van der Waals surface area (Å²) in [6.07, 6.45) is 4.87. The maximum Gasteiger partial charge on any atom is 0.244 e. The van der Waals surface area contributed by atoms with Gasteiger partial charge in [0.05, 0.1) is 16.6 Å². The molecule has 0 unspecified atom stereocenters. The van der Waals surface area contributed by atoms with Gasteiger partial charge in [-0.05, 0) is 35.4 Å². The monoisotopic (exact) mass is 492 g/mol. The first-order valence-corrected chi connectivity index (χ1v) is 11.4. The van der Waals surface area contributed by atoms with E-state index in [-0.39, 0.29) is 12.5 Å². The van der Waals surface area contributed by atoms with Crippen LogP contribution in [-0.4, -0.2) is 20.7 Å². The first-order valence-electron chi connectivity index (χ1n) is 9.28. The summed E-state index contributed by atoms with van der Waals surface area (Å²) in [7, 11) is 0. The van der Waals surface area contributed by atoms with Crippen LogP contribution in [0.4, 0.5) is 0 Å². The highest BCUT2D eigenvalue weighted by atomic mass is 35.5. The Balaban J connectivity index is 1.62. The van der Waals surface area contributed by atoms with Crippen molar-refractivity contribution in [2.75, 3.05) is 0 Å². The number of hydrogen-bond donors (Lipinski definition) is 1. The number of allylic oxidation sites excluding steroid dienone is 1. The molecule has 0 saturated heterocycles. The lowest BCUT2D eigenvalue weighted by molar-refractivity contribution is -0.116. The summed E-state index contributed by atoms with van der Waals surface area (Å²) >= 11 is 19.7. The van der Waals surface area contributed by atoms with Gasteiger partial charge in [0.25, 0.3) is 0 Å². The fraction of sp³-hybridized carbons (Fsp3) is 0.136. The van der Waals surface area contributed by atoms with Crippen molar-refractivity contribution in [3.8, 4) is 0 Å². The molecule has 0 fully saturated rings. The molecule has 0 aliphatic rings. The smallest absolute Gasteiger partial charge is 0.244 e. The molecular weight excluding hydrogens is 475 g/mol. The van der Waals surface area contributed by atoms with Crippen LogP contribution in [0.25, 0.3) is 6.08 Å². The van der Waals surface area contributed by atoms with E-state index in [9.17, 15) is 4.79 Å². The summed E-state index contributed by atoms with van der Waals surface area (Å²) in [5.74, 6) is 1.04. The number of carbonyl (C=O) groups excluding carboxylic acids is 1. The fourth-order valence-electron chi connectivity index (χ4n) is 2.65. The molecule has 1 amide bonds. The van der Waals surface area contributed by atoms with Gasteiger partial charge < -0.3 is 9.88 Å². The van der Waals surface area contributed by atoms with E-state index in [4.69, 9.17) is 34.8 Å². The van der Waals surface area contributed by atoms with Crippen LogP contribution in [0, 0.1) is 0 Å². The molecule has 0 spiro atoms. The van der Waals surface area contributed by atoms with E-state index in [1.807, 2.05) is 34.9 Å². The molecule has 2 aromatic carbocycles. The Labute approximate surface area is 200 Å². The zero-order chi connectivity index (χ0) is 22.2. The second kappa shape index (κ2) is 11.4. The van der Waals surface area contributed by atoms with Gasteiger partial charge in [0.15, 0.2) is 11.0 Å². The average molecular weight is 494 g/mol. The van der Waals surface area contributed by atoms with Gasteiger partial charge in [-0.2, -0.15) is 0 Å². The SMILES string of the molecule is C=CCn1c(CNC(=O)/C=C/c2ccccc2Cl)nnc1SCc1ccc(Cl)c(Cl)c1. The standard InChI is InChI=1S/C22H19Cl3N4OS/c1-2-11-29-20(13-26-21(30)10-8-16-5-3-4-6-17(16)23)27-28-22(29)31-14-15-7-9-18(24)19(25)12-15/h2-10,12H,1,11,13-14H2,(H,26,30)/b10-8+. The van der Waals surface area contributed by atoms with Gasteiger partial charge in [-0.3, -0.25) is 4.79 Å². The molecule has 0 aliphatic carbocycles. The molecule has 1 N–H and O–H groups in total. The van der Waals surface area contributed by atoms with Gasteiger partial charge in [-0.1, -0.05) is 76.9 Å². The van der Waals surface area contributed by atoms with Crippen molar-refractivity contribution >= 4 is 58.5 Å². The quantitative estimate of drug-likeness (QED) is 0.224. The third-order valence-corrected chi connectivity index (χ3v) is 6.32. The van der Waals surface area contributed by atoms with Crippen molar-refractivity contribution in [2.45, 2.75) is 24.0 Å². The molecule has 1 aromatic heterocycles. The normalized spacial score (nSPS) is 11.1. The lowest BCUT2D eigenvalue weighted by Gasteiger charge is -2.08. The van der Waals surface area contributed by atoms with Gasteiger partial charge in [0, 0.05) is 23.4 Å². The number of halogens is 3. The van der Waals surface area contributed by atoms with Crippen LogP contribution in [-0.2, 0) is 23.6 Å². The molecule has 0 aliphatic heterocycles. The number of rotatable bonds is 9. The first kappa shape index (κ1) is 23.4. The largest absolute Gasteiger partial charge is 0.345 e. The van der Waals surface area contributed by atoms with Crippen molar-refractivity contribution < 1.29 is 4.79 Å². The Hall–Kier alpha value is -2.25. The average Bonchev–Trinajstić information content (AvgIpc) is 3.14. The Kier molecular flexibility index (Phi) is 8.60. The number of thioether (sulfide) groups is 1. The number of carbonyl (C=O) groups is 1. The maximum absolute atomic E-state index is 12.2. The van der Waals surface area contributed by atoms with Crippen LogP contribution in [0.1, 0.15) is 17.0 Å². The molecule has 31 heavy (non-hydrogen) atoms. The van der Waals surface area contributed by atoms with E-state index in [0.717, 1.165) is 16.3 Å². The van der Waals surface area contributed by atoms with Crippen molar-refractivity contribution in [1.29, 1.82) is 0 Å². The Bertz CT molecular complexity index is 1110. The summed E-state index contributed by atoms with van der Waals surface area (Å²) < 4.78 is 1.91. The van der Waals surface area contributed by atoms with Crippen molar-refractivity contribution in [1.82, 2.24) is 20.1 Å². The minimum absolute atomic E-state index is 0.236. The van der Waals surface area contributed by atoms with E-state index < -0.39 is 0 Å². The molecule has 9 heteroatoms. The minimum Gasteiger partial charge on any atom is -0.345 e. The third-order valence-electron chi connectivity index (χ3n) is 4.20. The van der Waals surface area contributed by atoms with E-state index in [1.54, 1.807) is 24.3 Å². The summed E-state index contributed by atoms with van der Waals surface area (Å²) in [4.78, 5) is 12.2. The van der Waals surface area contributed by atoms with Crippen LogP contribution < -0.4 is 5.32 Å². The Morgan fingerprint density at radius 1 is 1.10 bits per heavy atom. The number of amides is 1. The van der Waals surface area contributed by atoms with E-state index in [0.29, 0.717) is 33.2 Å². The minimum atomic E-state index is -0.252. The lowest BCUT2D eigenvalue weighted by Crippen LogP contribution is -2.22. The molecular formula is C22H19Cl3N4OS. The van der Waals surface area contributed by atoms with Crippen molar-refractivity contribution in [2.24, 2.45) is 0 Å². The van der Waals surface area contributed by atoms with Crippen molar-refractivity contribution in [3.05, 3.63) is 93.2 Å². The highest BCUT2D eigenvalue weighted by molar-refractivity contribution is 7.98. The Morgan fingerprint density at radius 2 is 1.90 bits per heavy atom. The molecule has 3 rings (SSSR count). The molecule has 160 valence electrons. The number of hydrogen-bond acceptors (Lipinski definition) is 4. The number of nitrogens with zero attached hydrogens (tertiary/aromatic N) is 3.